The summed E-state index contributed by atoms with van der Waals surface area (Å²) >= 11 is 0. The SMILES string of the molecule is C[C@@H](NC(=O)NCCCc1ncn[nH]1)C(=O)O. The number of aliphatic carboxylic acids is 1. The van der Waals surface area contributed by atoms with Gasteiger partial charge in [0.1, 0.15) is 18.2 Å². The lowest BCUT2D eigenvalue weighted by atomic mass is 10.3. The van der Waals surface area contributed by atoms with Crippen molar-refractivity contribution in [3.05, 3.63) is 12.2 Å². The Morgan fingerprint density at radius 2 is 2.35 bits per heavy atom. The van der Waals surface area contributed by atoms with Gasteiger partial charge in [0, 0.05) is 13.0 Å². The van der Waals surface area contributed by atoms with Crippen molar-refractivity contribution < 1.29 is 14.7 Å². The number of carbonyl (C=O) groups is 2. The fourth-order valence-corrected chi connectivity index (χ4v) is 1.12. The molecule has 17 heavy (non-hydrogen) atoms. The normalized spacial score (nSPS) is 11.8. The van der Waals surface area contributed by atoms with Crippen LogP contribution < -0.4 is 10.6 Å². The molecule has 0 bridgehead atoms. The lowest BCUT2D eigenvalue weighted by Gasteiger charge is -2.10. The zero-order chi connectivity index (χ0) is 12.7. The Bertz CT molecular complexity index is 365. The highest BCUT2D eigenvalue weighted by molar-refractivity contribution is 5.82. The summed E-state index contributed by atoms with van der Waals surface area (Å²) in [5, 5.41) is 19.8. The molecule has 0 aromatic carbocycles. The maximum Gasteiger partial charge on any atom is 0.325 e. The number of aromatic nitrogens is 3. The Kier molecular flexibility index (Phi) is 4.92. The molecule has 1 aromatic heterocycles. The van der Waals surface area contributed by atoms with Gasteiger partial charge in [-0.15, -0.1) is 0 Å². The number of hydrogen-bond donors (Lipinski definition) is 4. The van der Waals surface area contributed by atoms with Crippen LogP contribution in [0, 0.1) is 0 Å². The topological polar surface area (TPSA) is 120 Å². The van der Waals surface area contributed by atoms with Crippen LogP contribution in [-0.2, 0) is 11.2 Å². The number of hydrogen-bond acceptors (Lipinski definition) is 4. The Balaban J connectivity index is 2.10. The van der Waals surface area contributed by atoms with Crippen LogP contribution in [0.1, 0.15) is 19.2 Å². The van der Waals surface area contributed by atoms with Gasteiger partial charge in [-0.1, -0.05) is 0 Å². The van der Waals surface area contributed by atoms with Crippen LogP contribution in [0.4, 0.5) is 4.79 Å². The summed E-state index contributed by atoms with van der Waals surface area (Å²) in [7, 11) is 0. The number of carboxylic acid groups (broad SMARTS) is 1. The number of carboxylic acids is 1. The van der Waals surface area contributed by atoms with Crippen molar-refractivity contribution >= 4 is 12.0 Å². The molecule has 0 spiro atoms. The molecule has 1 atom stereocenters. The van der Waals surface area contributed by atoms with E-state index in [9.17, 15) is 9.59 Å². The number of urea groups is 1. The van der Waals surface area contributed by atoms with E-state index in [-0.39, 0.29) is 0 Å². The second-order valence-corrected chi connectivity index (χ2v) is 3.50. The van der Waals surface area contributed by atoms with Gasteiger partial charge in [-0.2, -0.15) is 5.10 Å². The predicted octanol–water partition coefficient (Wildman–Crippen LogP) is -0.490. The molecule has 8 heteroatoms. The average molecular weight is 241 g/mol. The molecule has 0 saturated carbocycles. The maximum absolute atomic E-state index is 11.2. The number of amides is 2. The third-order valence-corrected chi connectivity index (χ3v) is 2.06. The molecule has 0 radical (unpaired) electrons. The van der Waals surface area contributed by atoms with Crippen LogP contribution in [0.2, 0.25) is 0 Å². The Morgan fingerprint density at radius 1 is 1.59 bits per heavy atom. The number of rotatable bonds is 6. The first-order valence-corrected chi connectivity index (χ1v) is 5.21. The summed E-state index contributed by atoms with van der Waals surface area (Å²) in [6.45, 7) is 1.84. The van der Waals surface area contributed by atoms with Crippen molar-refractivity contribution in [1.82, 2.24) is 25.8 Å². The van der Waals surface area contributed by atoms with Crippen LogP contribution in [0.5, 0.6) is 0 Å². The highest BCUT2D eigenvalue weighted by Gasteiger charge is 2.12. The van der Waals surface area contributed by atoms with Crippen LogP contribution in [-0.4, -0.2) is 44.9 Å². The van der Waals surface area contributed by atoms with E-state index >= 15 is 0 Å². The summed E-state index contributed by atoms with van der Waals surface area (Å²) in [6.07, 6.45) is 2.79. The van der Waals surface area contributed by atoms with E-state index in [0.29, 0.717) is 19.4 Å². The van der Waals surface area contributed by atoms with Crippen LogP contribution >= 0.6 is 0 Å². The fourth-order valence-electron chi connectivity index (χ4n) is 1.12. The van der Waals surface area contributed by atoms with E-state index in [0.717, 1.165) is 5.82 Å². The standard InChI is InChI=1S/C9H15N5O3/c1-6(8(15)16)13-9(17)10-4-2-3-7-11-5-12-14-7/h5-6H,2-4H2,1H3,(H,15,16)(H2,10,13,17)(H,11,12,14)/t6-/m1/s1. The molecule has 1 aromatic rings. The van der Waals surface area contributed by atoms with Gasteiger partial charge < -0.3 is 15.7 Å². The van der Waals surface area contributed by atoms with Crippen molar-refractivity contribution in [3.63, 3.8) is 0 Å². The predicted molar refractivity (Wildman–Crippen MR) is 58.3 cm³/mol. The molecule has 0 saturated heterocycles. The Hall–Kier alpha value is -2.12. The molecule has 1 rings (SSSR count). The molecule has 0 aliphatic heterocycles. The second-order valence-electron chi connectivity index (χ2n) is 3.50. The van der Waals surface area contributed by atoms with Crippen LogP contribution in [0.25, 0.3) is 0 Å². The van der Waals surface area contributed by atoms with Crippen molar-refractivity contribution in [2.75, 3.05) is 6.54 Å². The van der Waals surface area contributed by atoms with Crippen molar-refractivity contribution in [3.8, 4) is 0 Å². The number of aryl methyl sites for hydroxylation is 1. The average Bonchev–Trinajstić information content (AvgIpc) is 2.77. The van der Waals surface area contributed by atoms with Gasteiger partial charge in [0.05, 0.1) is 0 Å². The van der Waals surface area contributed by atoms with Crippen molar-refractivity contribution in [1.29, 1.82) is 0 Å². The lowest BCUT2D eigenvalue weighted by Crippen LogP contribution is -2.44. The largest absolute Gasteiger partial charge is 0.480 e. The fraction of sp³-hybridized carbons (Fsp3) is 0.556. The Labute approximate surface area is 97.8 Å². The van der Waals surface area contributed by atoms with Crippen LogP contribution in [0.3, 0.4) is 0 Å². The third kappa shape index (κ3) is 4.96. The van der Waals surface area contributed by atoms with Gasteiger partial charge in [0.2, 0.25) is 0 Å². The summed E-state index contributed by atoms with van der Waals surface area (Å²) in [5.41, 5.74) is 0. The number of aromatic amines is 1. The van der Waals surface area contributed by atoms with Gasteiger partial charge in [-0.3, -0.25) is 9.89 Å². The van der Waals surface area contributed by atoms with Gasteiger partial charge in [-0.05, 0) is 13.3 Å². The number of carbonyl (C=O) groups excluding carboxylic acids is 1. The molecule has 0 aliphatic carbocycles. The molecule has 0 fully saturated rings. The Morgan fingerprint density at radius 3 is 2.94 bits per heavy atom. The van der Waals surface area contributed by atoms with Crippen molar-refractivity contribution in [2.45, 2.75) is 25.8 Å². The van der Waals surface area contributed by atoms with E-state index in [1.807, 2.05) is 0 Å². The maximum atomic E-state index is 11.2. The summed E-state index contributed by atoms with van der Waals surface area (Å²) in [5.74, 6) is -0.312. The molecular formula is C9H15N5O3. The molecule has 94 valence electrons. The zero-order valence-corrected chi connectivity index (χ0v) is 9.43. The molecule has 2 amide bonds. The molecule has 1 heterocycles. The summed E-state index contributed by atoms with van der Waals surface area (Å²) in [6, 6.07) is -1.39. The van der Waals surface area contributed by atoms with E-state index in [4.69, 9.17) is 5.11 Å². The first-order valence-electron chi connectivity index (χ1n) is 5.21. The third-order valence-electron chi connectivity index (χ3n) is 2.06. The van der Waals surface area contributed by atoms with E-state index < -0.39 is 18.0 Å². The van der Waals surface area contributed by atoms with Gasteiger partial charge in [0.25, 0.3) is 0 Å². The first kappa shape index (κ1) is 12.9. The van der Waals surface area contributed by atoms with Crippen LogP contribution in [0.15, 0.2) is 6.33 Å². The highest BCUT2D eigenvalue weighted by Crippen LogP contribution is 1.91. The van der Waals surface area contributed by atoms with E-state index in [1.165, 1.54) is 13.3 Å². The number of nitrogens with zero attached hydrogens (tertiary/aromatic N) is 2. The van der Waals surface area contributed by atoms with Gasteiger partial charge in [0.15, 0.2) is 0 Å². The number of H-pyrrole nitrogens is 1. The number of nitrogens with one attached hydrogen (secondary N) is 3. The molecule has 4 N–H and O–H groups in total. The van der Waals surface area contributed by atoms with E-state index in [1.54, 1.807) is 0 Å². The lowest BCUT2D eigenvalue weighted by molar-refractivity contribution is -0.138. The minimum Gasteiger partial charge on any atom is -0.480 e. The molecule has 0 aliphatic rings. The second kappa shape index (κ2) is 6.46. The minimum atomic E-state index is -1.07. The first-order chi connectivity index (χ1) is 8.09. The summed E-state index contributed by atoms with van der Waals surface area (Å²) in [4.78, 5) is 25.6. The monoisotopic (exact) mass is 241 g/mol. The van der Waals surface area contributed by atoms with E-state index in [2.05, 4.69) is 25.8 Å². The quantitative estimate of drug-likeness (QED) is 0.501. The zero-order valence-electron chi connectivity index (χ0n) is 9.43. The van der Waals surface area contributed by atoms with Gasteiger partial charge in [-0.25, -0.2) is 9.78 Å². The molecular weight excluding hydrogens is 226 g/mol. The van der Waals surface area contributed by atoms with Crippen molar-refractivity contribution in [2.24, 2.45) is 0 Å². The smallest absolute Gasteiger partial charge is 0.325 e. The summed E-state index contributed by atoms with van der Waals surface area (Å²) < 4.78 is 0. The minimum absolute atomic E-state index is 0.443. The molecule has 0 unspecified atom stereocenters. The highest BCUT2D eigenvalue weighted by atomic mass is 16.4. The molecule has 8 nitrogen and oxygen atoms in total. The van der Waals surface area contributed by atoms with Gasteiger partial charge >= 0.3 is 12.0 Å².